The molecular formula is C14H19FO3S. The highest BCUT2D eigenvalue weighted by Gasteiger charge is 2.30. The van der Waals surface area contributed by atoms with Crippen LogP contribution in [0.25, 0.3) is 0 Å². The summed E-state index contributed by atoms with van der Waals surface area (Å²) in [6.07, 6.45) is 3.74. The van der Waals surface area contributed by atoms with Crippen LogP contribution in [0.4, 0.5) is 4.39 Å². The van der Waals surface area contributed by atoms with Crippen molar-refractivity contribution in [3.05, 3.63) is 29.6 Å². The summed E-state index contributed by atoms with van der Waals surface area (Å²) in [7, 11) is -3.04. The summed E-state index contributed by atoms with van der Waals surface area (Å²) in [6, 6.07) is 5.01. The highest BCUT2D eigenvalue weighted by Crippen LogP contribution is 2.29. The molecule has 2 atom stereocenters. The molecule has 3 nitrogen and oxygen atoms in total. The van der Waals surface area contributed by atoms with Gasteiger partial charge in [-0.15, -0.1) is 0 Å². The smallest absolute Gasteiger partial charge is 0.167 e. The lowest BCUT2D eigenvalue weighted by Gasteiger charge is -2.28. The van der Waals surface area contributed by atoms with Crippen molar-refractivity contribution in [2.45, 2.75) is 44.0 Å². The second kappa shape index (κ2) is 5.49. The predicted octanol–water partition coefficient (Wildman–Crippen LogP) is 2.87. The first kappa shape index (κ1) is 14.3. The molecule has 0 amide bonds. The number of hydrogen-bond donors (Lipinski definition) is 0. The Kier molecular flexibility index (Phi) is 4.13. The van der Waals surface area contributed by atoms with Crippen LogP contribution >= 0.6 is 0 Å². The lowest BCUT2D eigenvalue weighted by Crippen LogP contribution is -2.33. The zero-order valence-corrected chi connectivity index (χ0v) is 12.0. The number of benzene rings is 1. The van der Waals surface area contributed by atoms with Gasteiger partial charge in [-0.1, -0.05) is 12.1 Å². The van der Waals surface area contributed by atoms with Gasteiger partial charge in [0.05, 0.1) is 5.25 Å². The molecule has 0 radical (unpaired) electrons. The van der Waals surface area contributed by atoms with E-state index in [1.807, 2.05) is 0 Å². The quantitative estimate of drug-likeness (QED) is 0.858. The summed E-state index contributed by atoms with van der Waals surface area (Å²) in [4.78, 5) is 0. The fourth-order valence-corrected chi connectivity index (χ4v) is 3.65. The van der Waals surface area contributed by atoms with Crippen molar-refractivity contribution in [3.63, 3.8) is 0 Å². The first-order valence-corrected chi connectivity index (χ1v) is 8.44. The third kappa shape index (κ3) is 3.47. The van der Waals surface area contributed by atoms with Crippen LogP contribution in [-0.4, -0.2) is 26.0 Å². The second-order valence-corrected chi connectivity index (χ2v) is 7.57. The average molecular weight is 286 g/mol. The van der Waals surface area contributed by atoms with Gasteiger partial charge in [-0.2, -0.15) is 0 Å². The fraction of sp³-hybridized carbons (Fsp3) is 0.571. The SMILES string of the molecule is Cc1cccc(OC2CCCC(S(C)(=O)=O)C2)c1F. The zero-order valence-electron chi connectivity index (χ0n) is 11.2. The Hall–Kier alpha value is -1.10. The summed E-state index contributed by atoms with van der Waals surface area (Å²) >= 11 is 0. The number of rotatable bonds is 3. The Morgan fingerprint density at radius 2 is 2.05 bits per heavy atom. The van der Waals surface area contributed by atoms with Crippen molar-refractivity contribution in [3.8, 4) is 5.75 Å². The van der Waals surface area contributed by atoms with E-state index in [4.69, 9.17) is 4.74 Å². The largest absolute Gasteiger partial charge is 0.487 e. The van der Waals surface area contributed by atoms with E-state index in [2.05, 4.69) is 0 Å². The number of aryl methyl sites for hydroxylation is 1. The van der Waals surface area contributed by atoms with Crippen LogP contribution in [0.2, 0.25) is 0 Å². The number of ether oxygens (including phenoxy) is 1. The Morgan fingerprint density at radius 1 is 1.32 bits per heavy atom. The van der Waals surface area contributed by atoms with Crippen molar-refractivity contribution in [1.29, 1.82) is 0 Å². The molecule has 1 aliphatic rings. The molecule has 0 saturated heterocycles. The first-order chi connectivity index (χ1) is 8.88. The van der Waals surface area contributed by atoms with Gasteiger partial charge in [0.25, 0.3) is 0 Å². The molecule has 1 fully saturated rings. The van der Waals surface area contributed by atoms with Crippen LogP contribution in [-0.2, 0) is 9.84 Å². The summed E-state index contributed by atoms with van der Waals surface area (Å²) in [6.45, 7) is 1.68. The van der Waals surface area contributed by atoms with Gasteiger partial charge in [0, 0.05) is 12.7 Å². The minimum Gasteiger partial charge on any atom is -0.487 e. The highest BCUT2D eigenvalue weighted by atomic mass is 32.2. The number of halogens is 1. The molecule has 2 unspecified atom stereocenters. The third-order valence-electron chi connectivity index (χ3n) is 3.63. The molecule has 0 spiro atoms. The molecule has 2 rings (SSSR count). The van der Waals surface area contributed by atoms with Gasteiger partial charge in [-0.25, -0.2) is 12.8 Å². The van der Waals surface area contributed by atoms with Gasteiger partial charge in [0.1, 0.15) is 15.9 Å². The molecule has 19 heavy (non-hydrogen) atoms. The maximum absolute atomic E-state index is 13.8. The highest BCUT2D eigenvalue weighted by molar-refractivity contribution is 7.91. The van der Waals surface area contributed by atoms with Gasteiger partial charge < -0.3 is 4.74 Å². The van der Waals surface area contributed by atoms with Gasteiger partial charge in [0.2, 0.25) is 0 Å². The van der Waals surface area contributed by atoms with E-state index >= 15 is 0 Å². The molecular weight excluding hydrogens is 267 g/mol. The molecule has 1 aromatic carbocycles. The first-order valence-electron chi connectivity index (χ1n) is 6.48. The Morgan fingerprint density at radius 3 is 2.74 bits per heavy atom. The van der Waals surface area contributed by atoms with E-state index < -0.39 is 9.84 Å². The van der Waals surface area contributed by atoms with Crippen molar-refractivity contribution < 1.29 is 17.5 Å². The van der Waals surface area contributed by atoms with Crippen LogP contribution < -0.4 is 4.74 Å². The summed E-state index contributed by atoms with van der Waals surface area (Å²) in [5.74, 6) is -0.136. The second-order valence-electron chi connectivity index (χ2n) is 5.25. The van der Waals surface area contributed by atoms with Crippen molar-refractivity contribution in [2.24, 2.45) is 0 Å². The Balaban J connectivity index is 2.09. The van der Waals surface area contributed by atoms with Crippen molar-refractivity contribution in [1.82, 2.24) is 0 Å². The molecule has 1 saturated carbocycles. The van der Waals surface area contributed by atoms with E-state index in [1.54, 1.807) is 25.1 Å². The van der Waals surface area contributed by atoms with Crippen molar-refractivity contribution >= 4 is 9.84 Å². The number of hydrogen-bond acceptors (Lipinski definition) is 3. The van der Waals surface area contributed by atoms with E-state index in [-0.39, 0.29) is 22.9 Å². The summed E-state index contributed by atoms with van der Waals surface area (Å²) in [5, 5.41) is -0.362. The topological polar surface area (TPSA) is 43.4 Å². The zero-order chi connectivity index (χ0) is 14.0. The minimum absolute atomic E-state index is 0.218. The molecule has 0 aliphatic heterocycles. The predicted molar refractivity (Wildman–Crippen MR) is 72.7 cm³/mol. The van der Waals surface area contributed by atoms with Crippen LogP contribution in [0.1, 0.15) is 31.2 Å². The van der Waals surface area contributed by atoms with E-state index in [1.165, 1.54) is 6.26 Å². The van der Waals surface area contributed by atoms with Crippen LogP contribution in [0.15, 0.2) is 18.2 Å². The molecule has 0 bridgehead atoms. The van der Waals surface area contributed by atoms with Gasteiger partial charge in [-0.05, 0) is 37.8 Å². The Labute approximate surface area is 113 Å². The summed E-state index contributed by atoms with van der Waals surface area (Å²) < 4.78 is 42.6. The normalized spacial score (nSPS) is 24.2. The molecule has 1 aromatic rings. The molecule has 106 valence electrons. The van der Waals surface area contributed by atoms with E-state index in [9.17, 15) is 12.8 Å². The van der Waals surface area contributed by atoms with E-state index in [0.29, 0.717) is 18.4 Å². The van der Waals surface area contributed by atoms with Gasteiger partial charge in [-0.3, -0.25) is 0 Å². The third-order valence-corrected chi connectivity index (χ3v) is 5.27. The molecule has 0 heterocycles. The van der Waals surface area contributed by atoms with Crippen LogP contribution in [0.3, 0.4) is 0 Å². The van der Waals surface area contributed by atoms with Crippen LogP contribution in [0.5, 0.6) is 5.75 Å². The molecule has 0 N–H and O–H groups in total. The van der Waals surface area contributed by atoms with Crippen LogP contribution in [0, 0.1) is 12.7 Å². The standard InChI is InChI=1S/C14H19FO3S/c1-10-5-3-8-13(14(10)15)18-11-6-4-7-12(9-11)19(2,16)17/h3,5,8,11-12H,4,6-7,9H2,1-2H3. The van der Waals surface area contributed by atoms with Gasteiger partial charge >= 0.3 is 0 Å². The van der Waals surface area contributed by atoms with Crippen molar-refractivity contribution in [2.75, 3.05) is 6.26 Å². The molecule has 5 heteroatoms. The Bertz CT molecular complexity index is 554. The monoisotopic (exact) mass is 286 g/mol. The average Bonchev–Trinajstić information content (AvgIpc) is 2.34. The summed E-state index contributed by atoms with van der Waals surface area (Å²) in [5.41, 5.74) is 0.535. The number of sulfone groups is 1. The molecule has 1 aliphatic carbocycles. The maximum atomic E-state index is 13.8. The minimum atomic E-state index is -3.04. The lowest BCUT2D eigenvalue weighted by atomic mass is 9.97. The van der Waals surface area contributed by atoms with E-state index in [0.717, 1.165) is 12.8 Å². The maximum Gasteiger partial charge on any atom is 0.167 e. The van der Waals surface area contributed by atoms with Gasteiger partial charge in [0.15, 0.2) is 11.6 Å². The molecule has 0 aromatic heterocycles. The fourth-order valence-electron chi connectivity index (χ4n) is 2.49. The lowest BCUT2D eigenvalue weighted by molar-refractivity contribution is 0.150.